The highest BCUT2D eigenvalue weighted by atomic mass is 32.2. The van der Waals surface area contributed by atoms with Gasteiger partial charge in [-0.15, -0.1) is 0 Å². The first-order chi connectivity index (χ1) is 6.25. The third kappa shape index (κ3) is 3.35. The van der Waals surface area contributed by atoms with Crippen LogP contribution in [0.5, 0.6) is 0 Å². The number of rotatable bonds is 4. The summed E-state index contributed by atoms with van der Waals surface area (Å²) >= 11 is 1.81. The maximum atomic E-state index is 9.99. The third-order valence-corrected chi connectivity index (χ3v) is 3.53. The van der Waals surface area contributed by atoms with Gasteiger partial charge in [0.05, 0.1) is 6.10 Å². The summed E-state index contributed by atoms with van der Waals surface area (Å²) in [4.78, 5) is 0. The Bertz CT molecular complexity index is 177. The van der Waals surface area contributed by atoms with Gasteiger partial charge in [0.2, 0.25) is 0 Å². The van der Waals surface area contributed by atoms with Gasteiger partial charge >= 0.3 is 0 Å². The number of aliphatic hydroxyl groups is 1. The van der Waals surface area contributed by atoms with E-state index < -0.39 is 0 Å². The Morgan fingerprint density at radius 1 is 1.54 bits per heavy atom. The van der Waals surface area contributed by atoms with Gasteiger partial charge in [-0.25, -0.2) is 0 Å². The normalized spacial score (nSPS) is 22.2. The van der Waals surface area contributed by atoms with Gasteiger partial charge in [0.15, 0.2) is 0 Å². The minimum Gasteiger partial charge on any atom is -0.388 e. The SMILES string of the molecule is CSC[C@@H](C)[C@@H](O)C1=CCCCC1. The molecule has 1 N–H and O–H groups in total. The van der Waals surface area contributed by atoms with Gasteiger partial charge in [0.1, 0.15) is 0 Å². The minimum atomic E-state index is -0.187. The smallest absolute Gasteiger partial charge is 0.0783 e. The van der Waals surface area contributed by atoms with E-state index in [-0.39, 0.29) is 6.10 Å². The molecule has 13 heavy (non-hydrogen) atoms. The number of aliphatic hydroxyl groups excluding tert-OH is 1. The largest absolute Gasteiger partial charge is 0.388 e. The van der Waals surface area contributed by atoms with Crippen molar-refractivity contribution in [3.05, 3.63) is 11.6 Å². The number of allylic oxidation sites excluding steroid dienone is 1. The maximum Gasteiger partial charge on any atom is 0.0783 e. The van der Waals surface area contributed by atoms with Crippen molar-refractivity contribution in [2.75, 3.05) is 12.0 Å². The molecule has 1 nitrogen and oxygen atoms in total. The van der Waals surface area contributed by atoms with Crippen LogP contribution in [0.2, 0.25) is 0 Å². The van der Waals surface area contributed by atoms with Crippen LogP contribution < -0.4 is 0 Å². The van der Waals surface area contributed by atoms with E-state index in [1.165, 1.54) is 24.8 Å². The first kappa shape index (κ1) is 11.1. The average Bonchev–Trinajstić information content (AvgIpc) is 2.18. The lowest BCUT2D eigenvalue weighted by molar-refractivity contribution is 0.156. The van der Waals surface area contributed by atoms with Crippen molar-refractivity contribution in [2.24, 2.45) is 5.92 Å². The standard InChI is InChI=1S/C11H20OS/c1-9(8-13-2)11(12)10-6-4-3-5-7-10/h6,9,11-12H,3-5,7-8H2,1-2H3/t9-,11-/m1/s1. The molecule has 0 radical (unpaired) electrons. The van der Waals surface area contributed by atoms with Crippen molar-refractivity contribution in [1.29, 1.82) is 0 Å². The molecule has 1 rings (SSSR count). The van der Waals surface area contributed by atoms with Gasteiger partial charge in [0, 0.05) is 0 Å². The topological polar surface area (TPSA) is 20.2 Å². The summed E-state index contributed by atoms with van der Waals surface area (Å²) in [6.45, 7) is 2.14. The molecule has 0 aliphatic heterocycles. The molecule has 1 aliphatic rings. The maximum absolute atomic E-state index is 9.99. The molecule has 0 bridgehead atoms. The molecule has 1 aliphatic carbocycles. The molecule has 0 fully saturated rings. The number of hydrogen-bond donors (Lipinski definition) is 1. The van der Waals surface area contributed by atoms with E-state index in [4.69, 9.17) is 0 Å². The third-order valence-electron chi connectivity index (χ3n) is 2.67. The first-order valence-electron chi connectivity index (χ1n) is 5.11. The lowest BCUT2D eigenvalue weighted by Gasteiger charge is -2.23. The van der Waals surface area contributed by atoms with Gasteiger partial charge in [-0.05, 0) is 49.2 Å². The molecule has 0 heterocycles. The second kappa shape index (κ2) is 5.71. The summed E-state index contributed by atoms with van der Waals surface area (Å²) < 4.78 is 0. The van der Waals surface area contributed by atoms with Crippen molar-refractivity contribution in [1.82, 2.24) is 0 Å². The quantitative estimate of drug-likeness (QED) is 0.704. The highest BCUT2D eigenvalue weighted by Crippen LogP contribution is 2.25. The Kier molecular flexibility index (Phi) is 4.89. The van der Waals surface area contributed by atoms with Crippen molar-refractivity contribution >= 4 is 11.8 Å². The molecule has 0 saturated carbocycles. The van der Waals surface area contributed by atoms with Gasteiger partial charge in [-0.1, -0.05) is 13.0 Å². The van der Waals surface area contributed by atoms with Crippen molar-refractivity contribution in [2.45, 2.75) is 38.7 Å². The predicted molar refractivity (Wildman–Crippen MR) is 60.1 cm³/mol. The molecular weight excluding hydrogens is 180 g/mol. The van der Waals surface area contributed by atoms with E-state index in [9.17, 15) is 5.11 Å². The Labute approximate surface area is 85.6 Å². The minimum absolute atomic E-state index is 0.187. The van der Waals surface area contributed by atoms with Crippen LogP contribution in [-0.4, -0.2) is 23.2 Å². The Morgan fingerprint density at radius 3 is 2.85 bits per heavy atom. The summed E-state index contributed by atoms with van der Waals surface area (Å²) in [6.07, 6.45) is 8.98. The fourth-order valence-electron chi connectivity index (χ4n) is 1.85. The van der Waals surface area contributed by atoms with E-state index in [2.05, 4.69) is 19.3 Å². The molecule has 0 amide bonds. The summed E-state index contributed by atoms with van der Waals surface area (Å²) in [6, 6.07) is 0. The molecule has 0 spiro atoms. The molecule has 0 saturated heterocycles. The van der Waals surface area contributed by atoms with Gasteiger partial charge in [-0.2, -0.15) is 11.8 Å². The molecule has 76 valence electrons. The van der Waals surface area contributed by atoms with E-state index in [0.717, 1.165) is 12.2 Å². The van der Waals surface area contributed by atoms with E-state index in [1.54, 1.807) is 0 Å². The Hall–Kier alpha value is 0.0500. The summed E-state index contributed by atoms with van der Waals surface area (Å²) in [7, 11) is 0. The fourth-order valence-corrected chi connectivity index (χ4v) is 2.56. The van der Waals surface area contributed by atoms with E-state index in [1.807, 2.05) is 11.8 Å². The summed E-state index contributed by atoms with van der Waals surface area (Å²) in [5.41, 5.74) is 1.29. The van der Waals surface area contributed by atoms with Crippen LogP contribution >= 0.6 is 11.8 Å². The summed E-state index contributed by atoms with van der Waals surface area (Å²) in [5.74, 6) is 1.46. The van der Waals surface area contributed by atoms with Crippen molar-refractivity contribution < 1.29 is 5.11 Å². The van der Waals surface area contributed by atoms with Crippen LogP contribution in [-0.2, 0) is 0 Å². The monoisotopic (exact) mass is 200 g/mol. The van der Waals surface area contributed by atoms with Crippen LogP contribution in [0.25, 0.3) is 0 Å². The lowest BCUT2D eigenvalue weighted by atomic mass is 9.90. The Balaban J connectivity index is 2.44. The van der Waals surface area contributed by atoms with Crippen LogP contribution in [0, 0.1) is 5.92 Å². The number of hydrogen-bond acceptors (Lipinski definition) is 2. The fraction of sp³-hybridized carbons (Fsp3) is 0.818. The zero-order chi connectivity index (χ0) is 9.68. The predicted octanol–water partition coefficient (Wildman–Crippen LogP) is 2.85. The average molecular weight is 200 g/mol. The van der Waals surface area contributed by atoms with Crippen LogP contribution in [0.4, 0.5) is 0 Å². The highest BCUT2D eigenvalue weighted by molar-refractivity contribution is 7.98. The molecular formula is C11H20OS. The first-order valence-corrected chi connectivity index (χ1v) is 6.51. The van der Waals surface area contributed by atoms with Gasteiger partial charge < -0.3 is 5.11 Å². The van der Waals surface area contributed by atoms with E-state index in [0.29, 0.717) is 5.92 Å². The van der Waals surface area contributed by atoms with E-state index >= 15 is 0 Å². The second-order valence-corrected chi connectivity index (χ2v) is 4.81. The van der Waals surface area contributed by atoms with Gasteiger partial charge in [-0.3, -0.25) is 0 Å². The van der Waals surface area contributed by atoms with Crippen LogP contribution in [0.15, 0.2) is 11.6 Å². The van der Waals surface area contributed by atoms with Crippen LogP contribution in [0.1, 0.15) is 32.6 Å². The van der Waals surface area contributed by atoms with Gasteiger partial charge in [0.25, 0.3) is 0 Å². The lowest BCUT2D eigenvalue weighted by Crippen LogP contribution is -2.23. The molecule has 2 atom stereocenters. The molecule has 0 aromatic rings. The molecule has 0 aromatic heterocycles. The summed E-state index contributed by atoms with van der Waals surface area (Å²) in [5, 5.41) is 9.99. The highest BCUT2D eigenvalue weighted by Gasteiger charge is 2.19. The molecule has 2 heteroatoms. The molecule has 0 unspecified atom stereocenters. The molecule has 0 aromatic carbocycles. The second-order valence-electron chi connectivity index (χ2n) is 3.90. The zero-order valence-corrected chi connectivity index (χ0v) is 9.44. The zero-order valence-electron chi connectivity index (χ0n) is 8.62. The van der Waals surface area contributed by atoms with Crippen molar-refractivity contribution in [3.8, 4) is 0 Å². The van der Waals surface area contributed by atoms with Crippen LogP contribution in [0.3, 0.4) is 0 Å². The van der Waals surface area contributed by atoms with Crippen molar-refractivity contribution in [3.63, 3.8) is 0 Å². The Morgan fingerprint density at radius 2 is 2.31 bits per heavy atom. The number of thioether (sulfide) groups is 1.